The van der Waals surface area contributed by atoms with Crippen LogP contribution in [0.4, 0.5) is 5.69 Å². The molecule has 0 aromatic heterocycles. The van der Waals surface area contributed by atoms with Crippen molar-refractivity contribution in [3.8, 4) is 0 Å². The number of hydrogen-bond donors (Lipinski definition) is 1. The minimum Gasteiger partial charge on any atom is -0.370 e. The van der Waals surface area contributed by atoms with Crippen LogP contribution >= 0.6 is 11.6 Å². The molecule has 0 radical (unpaired) electrons. The molecule has 1 fully saturated rings. The molecule has 1 heterocycles. The molecular weight excluding hydrogens is 244 g/mol. The standard InChI is InChI=1S/C15H21ClN2/c1-10-6-11(2)9-18(8-10)15-5-4-13(16)7-14(15)12(3)17/h4-5,7,10-11,17H,6,8-9H2,1-3H3/t10-,11+. The molecule has 2 nitrogen and oxygen atoms in total. The molecule has 1 aliphatic rings. The topological polar surface area (TPSA) is 27.1 Å². The molecule has 1 aromatic rings. The number of benzene rings is 1. The zero-order valence-electron chi connectivity index (χ0n) is 11.3. The zero-order chi connectivity index (χ0) is 13.3. The van der Waals surface area contributed by atoms with E-state index in [9.17, 15) is 0 Å². The summed E-state index contributed by atoms with van der Waals surface area (Å²) in [7, 11) is 0. The molecular formula is C15H21ClN2. The Morgan fingerprint density at radius 1 is 1.28 bits per heavy atom. The number of halogens is 1. The van der Waals surface area contributed by atoms with Gasteiger partial charge in [-0.15, -0.1) is 0 Å². The van der Waals surface area contributed by atoms with Crippen molar-refractivity contribution in [3.05, 3.63) is 28.8 Å². The van der Waals surface area contributed by atoms with E-state index in [0.29, 0.717) is 22.6 Å². The summed E-state index contributed by atoms with van der Waals surface area (Å²) in [6.45, 7) is 8.58. The molecule has 98 valence electrons. The van der Waals surface area contributed by atoms with Gasteiger partial charge in [0.25, 0.3) is 0 Å². The van der Waals surface area contributed by atoms with Gasteiger partial charge in [0.1, 0.15) is 0 Å². The minimum absolute atomic E-state index is 0.582. The Labute approximate surface area is 114 Å². The fourth-order valence-corrected chi connectivity index (χ4v) is 3.12. The Balaban J connectivity index is 2.35. The van der Waals surface area contributed by atoms with Crippen LogP contribution in [0.2, 0.25) is 5.02 Å². The predicted octanol–water partition coefficient (Wildman–Crippen LogP) is 4.21. The average Bonchev–Trinajstić information content (AvgIpc) is 2.27. The summed E-state index contributed by atoms with van der Waals surface area (Å²) in [6, 6.07) is 5.89. The third kappa shape index (κ3) is 2.86. The van der Waals surface area contributed by atoms with Crippen LogP contribution in [0.5, 0.6) is 0 Å². The minimum atomic E-state index is 0.582. The van der Waals surface area contributed by atoms with Crippen LogP contribution in [0.15, 0.2) is 18.2 Å². The highest BCUT2D eigenvalue weighted by Gasteiger charge is 2.23. The Morgan fingerprint density at radius 3 is 2.44 bits per heavy atom. The molecule has 3 heteroatoms. The molecule has 1 N–H and O–H groups in total. The predicted molar refractivity (Wildman–Crippen MR) is 79.1 cm³/mol. The molecule has 0 amide bonds. The average molecular weight is 265 g/mol. The molecule has 0 bridgehead atoms. The van der Waals surface area contributed by atoms with E-state index >= 15 is 0 Å². The van der Waals surface area contributed by atoms with E-state index in [1.165, 1.54) is 6.42 Å². The number of nitrogens with one attached hydrogen (secondary N) is 1. The van der Waals surface area contributed by atoms with Gasteiger partial charge in [-0.2, -0.15) is 0 Å². The highest BCUT2D eigenvalue weighted by molar-refractivity contribution is 6.31. The van der Waals surface area contributed by atoms with E-state index in [0.717, 1.165) is 24.3 Å². The van der Waals surface area contributed by atoms with Gasteiger partial charge in [-0.25, -0.2) is 0 Å². The van der Waals surface area contributed by atoms with Crippen molar-refractivity contribution >= 4 is 23.0 Å². The highest BCUT2D eigenvalue weighted by Crippen LogP contribution is 2.30. The number of rotatable bonds is 2. The van der Waals surface area contributed by atoms with Crippen molar-refractivity contribution in [2.24, 2.45) is 11.8 Å². The van der Waals surface area contributed by atoms with Crippen molar-refractivity contribution in [3.63, 3.8) is 0 Å². The van der Waals surface area contributed by atoms with Crippen LogP contribution in [0.25, 0.3) is 0 Å². The molecule has 1 aromatic carbocycles. The van der Waals surface area contributed by atoms with Crippen molar-refractivity contribution in [2.75, 3.05) is 18.0 Å². The quantitative estimate of drug-likeness (QED) is 0.796. The first-order chi connectivity index (χ1) is 8.47. The normalized spacial score (nSPS) is 24.1. The lowest BCUT2D eigenvalue weighted by molar-refractivity contribution is 0.357. The first kappa shape index (κ1) is 13.4. The third-order valence-electron chi connectivity index (χ3n) is 3.57. The van der Waals surface area contributed by atoms with Gasteiger partial charge in [-0.1, -0.05) is 25.4 Å². The molecule has 0 unspecified atom stereocenters. The van der Waals surface area contributed by atoms with Gasteiger partial charge in [-0.05, 0) is 43.4 Å². The lowest BCUT2D eigenvalue weighted by atomic mass is 9.91. The monoisotopic (exact) mass is 264 g/mol. The lowest BCUT2D eigenvalue weighted by Gasteiger charge is -2.37. The SMILES string of the molecule is CC(=N)c1cc(Cl)ccc1N1C[C@H](C)C[C@H](C)C1. The summed E-state index contributed by atoms with van der Waals surface area (Å²) in [5.74, 6) is 1.42. The fraction of sp³-hybridized carbons (Fsp3) is 0.533. The van der Waals surface area contributed by atoms with Crippen LogP contribution in [0.3, 0.4) is 0 Å². The van der Waals surface area contributed by atoms with Crippen LogP contribution < -0.4 is 4.90 Å². The van der Waals surface area contributed by atoms with E-state index < -0.39 is 0 Å². The van der Waals surface area contributed by atoms with E-state index in [1.807, 2.05) is 19.1 Å². The summed E-state index contributed by atoms with van der Waals surface area (Å²) in [5, 5.41) is 8.61. The van der Waals surface area contributed by atoms with Gasteiger partial charge in [0.15, 0.2) is 0 Å². The Kier molecular flexibility index (Phi) is 3.96. The maximum atomic E-state index is 7.91. The van der Waals surface area contributed by atoms with Gasteiger partial charge in [0.05, 0.1) is 0 Å². The molecule has 0 aliphatic carbocycles. The molecule has 0 saturated carbocycles. The van der Waals surface area contributed by atoms with Gasteiger partial charge < -0.3 is 10.3 Å². The summed E-state index contributed by atoms with van der Waals surface area (Å²) in [5.41, 5.74) is 2.70. The van der Waals surface area contributed by atoms with Crippen molar-refractivity contribution in [2.45, 2.75) is 27.2 Å². The maximum Gasteiger partial charge on any atom is 0.0459 e. The number of anilines is 1. The summed E-state index contributed by atoms with van der Waals surface area (Å²) in [4.78, 5) is 2.41. The van der Waals surface area contributed by atoms with Crippen molar-refractivity contribution < 1.29 is 0 Å². The molecule has 0 spiro atoms. The highest BCUT2D eigenvalue weighted by atomic mass is 35.5. The first-order valence-corrected chi connectivity index (χ1v) is 6.95. The number of piperidine rings is 1. The Morgan fingerprint density at radius 2 is 1.89 bits per heavy atom. The van der Waals surface area contributed by atoms with Gasteiger partial charge in [0.2, 0.25) is 0 Å². The van der Waals surface area contributed by atoms with Crippen LogP contribution in [-0.4, -0.2) is 18.8 Å². The van der Waals surface area contributed by atoms with Gasteiger partial charge in [-0.3, -0.25) is 0 Å². The Bertz CT molecular complexity index is 446. The number of nitrogens with zero attached hydrogens (tertiary/aromatic N) is 1. The van der Waals surface area contributed by atoms with E-state index in [1.54, 1.807) is 0 Å². The summed E-state index contributed by atoms with van der Waals surface area (Å²) in [6.07, 6.45) is 1.29. The Hall–Kier alpha value is -1.02. The smallest absolute Gasteiger partial charge is 0.0459 e. The van der Waals surface area contributed by atoms with Gasteiger partial charge >= 0.3 is 0 Å². The molecule has 2 rings (SSSR count). The molecule has 18 heavy (non-hydrogen) atoms. The fourth-order valence-electron chi connectivity index (χ4n) is 2.94. The number of hydrogen-bond acceptors (Lipinski definition) is 2. The second kappa shape index (κ2) is 5.31. The third-order valence-corrected chi connectivity index (χ3v) is 3.81. The van der Waals surface area contributed by atoms with Crippen LogP contribution in [0, 0.1) is 17.2 Å². The maximum absolute atomic E-state index is 7.91. The van der Waals surface area contributed by atoms with E-state index in [-0.39, 0.29) is 0 Å². The van der Waals surface area contributed by atoms with E-state index in [2.05, 4.69) is 24.8 Å². The molecule has 2 atom stereocenters. The summed E-state index contributed by atoms with van der Waals surface area (Å²) < 4.78 is 0. The molecule has 1 aliphatic heterocycles. The second-order valence-electron chi connectivity index (χ2n) is 5.64. The first-order valence-electron chi connectivity index (χ1n) is 6.57. The zero-order valence-corrected chi connectivity index (χ0v) is 12.1. The van der Waals surface area contributed by atoms with Crippen molar-refractivity contribution in [1.29, 1.82) is 5.41 Å². The largest absolute Gasteiger partial charge is 0.370 e. The lowest BCUT2D eigenvalue weighted by Crippen LogP contribution is -2.39. The summed E-state index contributed by atoms with van der Waals surface area (Å²) >= 11 is 6.04. The van der Waals surface area contributed by atoms with Gasteiger partial charge in [0, 0.05) is 35.1 Å². The van der Waals surface area contributed by atoms with E-state index in [4.69, 9.17) is 17.0 Å². The van der Waals surface area contributed by atoms with Crippen LogP contribution in [-0.2, 0) is 0 Å². The second-order valence-corrected chi connectivity index (χ2v) is 6.07. The molecule has 1 saturated heterocycles. The van der Waals surface area contributed by atoms with Crippen molar-refractivity contribution in [1.82, 2.24) is 0 Å². The van der Waals surface area contributed by atoms with Crippen LogP contribution in [0.1, 0.15) is 32.8 Å².